The Morgan fingerprint density at radius 3 is 2.40 bits per heavy atom. The lowest BCUT2D eigenvalue weighted by Crippen LogP contribution is -2.13. The van der Waals surface area contributed by atoms with Crippen LogP contribution in [0.15, 0.2) is 0 Å². The Balaban J connectivity index is 1.79. The lowest BCUT2D eigenvalue weighted by atomic mass is 9.90. The van der Waals surface area contributed by atoms with E-state index in [2.05, 4.69) is 0 Å². The number of unbranched alkanes of at least 4 members (excludes halogenated alkanes) is 3. The van der Waals surface area contributed by atoms with Crippen molar-refractivity contribution in [3.05, 3.63) is 0 Å². The van der Waals surface area contributed by atoms with E-state index in [1.54, 1.807) is 0 Å². The van der Waals surface area contributed by atoms with Gasteiger partial charge in [0.2, 0.25) is 0 Å². The molecule has 0 aromatic carbocycles. The summed E-state index contributed by atoms with van der Waals surface area (Å²) in [6, 6.07) is 0. The van der Waals surface area contributed by atoms with Crippen molar-refractivity contribution >= 4 is 11.6 Å². The van der Waals surface area contributed by atoms with E-state index in [0.29, 0.717) is 0 Å². The molecule has 15 heavy (non-hydrogen) atoms. The molecule has 0 heterocycles. The molecule has 1 nitrogen and oxygen atoms in total. The van der Waals surface area contributed by atoms with Crippen LogP contribution in [0.3, 0.4) is 0 Å². The predicted octanol–water partition coefficient (Wildman–Crippen LogP) is 4.38. The molecule has 0 amide bonds. The molecule has 1 aliphatic carbocycles. The molecule has 2 heteroatoms. The molecule has 0 radical (unpaired) electrons. The van der Waals surface area contributed by atoms with Gasteiger partial charge in [0, 0.05) is 19.1 Å². The zero-order chi connectivity index (χ0) is 10.8. The Morgan fingerprint density at radius 2 is 1.67 bits per heavy atom. The monoisotopic (exact) mass is 232 g/mol. The Morgan fingerprint density at radius 1 is 0.933 bits per heavy atom. The molecule has 0 bridgehead atoms. The van der Waals surface area contributed by atoms with Crippen LogP contribution in [-0.2, 0) is 4.74 Å². The summed E-state index contributed by atoms with van der Waals surface area (Å²) in [5.74, 6) is 1.67. The minimum atomic E-state index is 0.808. The molecule has 0 spiro atoms. The van der Waals surface area contributed by atoms with E-state index in [4.69, 9.17) is 16.3 Å². The van der Waals surface area contributed by atoms with Crippen LogP contribution >= 0.6 is 11.6 Å². The zero-order valence-electron chi connectivity index (χ0n) is 9.85. The number of ether oxygens (including phenoxy) is 1. The fourth-order valence-electron chi connectivity index (χ4n) is 2.26. The number of rotatable bonds is 8. The molecule has 0 aromatic heterocycles. The first-order valence-electron chi connectivity index (χ1n) is 6.57. The SMILES string of the molecule is ClCCCCCCOCC1CCCCC1. The van der Waals surface area contributed by atoms with Crippen LogP contribution in [0, 0.1) is 5.92 Å². The summed E-state index contributed by atoms with van der Waals surface area (Å²) in [7, 11) is 0. The summed E-state index contributed by atoms with van der Waals surface area (Å²) in [5.41, 5.74) is 0. The molecule has 1 rings (SSSR count). The maximum absolute atomic E-state index is 5.72. The van der Waals surface area contributed by atoms with Crippen molar-refractivity contribution in [3.63, 3.8) is 0 Å². The quantitative estimate of drug-likeness (QED) is 0.446. The van der Waals surface area contributed by atoms with Crippen LogP contribution in [0.2, 0.25) is 0 Å². The van der Waals surface area contributed by atoms with E-state index in [1.807, 2.05) is 0 Å². The van der Waals surface area contributed by atoms with Gasteiger partial charge in [0.1, 0.15) is 0 Å². The summed E-state index contributed by atoms with van der Waals surface area (Å²) in [6.45, 7) is 1.97. The second-order valence-corrected chi connectivity index (χ2v) is 5.06. The highest BCUT2D eigenvalue weighted by atomic mass is 35.5. The van der Waals surface area contributed by atoms with E-state index in [1.165, 1.54) is 51.4 Å². The van der Waals surface area contributed by atoms with Gasteiger partial charge in [0.25, 0.3) is 0 Å². The molecule has 1 fully saturated rings. The third-order valence-corrected chi connectivity index (χ3v) is 3.52. The molecule has 0 N–H and O–H groups in total. The van der Waals surface area contributed by atoms with E-state index in [9.17, 15) is 0 Å². The van der Waals surface area contributed by atoms with Crippen molar-refractivity contribution in [1.29, 1.82) is 0 Å². The fraction of sp³-hybridized carbons (Fsp3) is 1.00. The largest absolute Gasteiger partial charge is 0.381 e. The fourth-order valence-corrected chi connectivity index (χ4v) is 2.44. The molecular formula is C13H25ClO. The van der Waals surface area contributed by atoms with Gasteiger partial charge >= 0.3 is 0 Å². The van der Waals surface area contributed by atoms with Crippen molar-refractivity contribution in [2.45, 2.75) is 57.8 Å². The van der Waals surface area contributed by atoms with Gasteiger partial charge in [0.05, 0.1) is 0 Å². The topological polar surface area (TPSA) is 9.23 Å². The lowest BCUT2D eigenvalue weighted by Gasteiger charge is -2.21. The second-order valence-electron chi connectivity index (χ2n) is 4.68. The molecule has 0 aliphatic heterocycles. The first kappa shape index (κ1) is 13.3. The Kier molecular flexibility index (Phi) is 8.41. The van der Waals surface area contributed by atoms with Crippen LogP contribution < -0.4 is 0 Å². The molecule has 0 saturated heterocycles. The molecule has 0 atom stereocenters. The predicted molar refractivity (Wildman–Crippen MR) is 66.6 cm³/mol. The molecule has 0 unspecified atom stereocenters. The van der Waals surface area contributed by atoms with Crippen molar-refractivity contribution in [3.8, 4) is 0 Å². The Labute approximate surface area is 99.5 Å². The highest BCUT2D eigenvalue weighted by Gasteiger charge is 2.12. The summed E-state index contributed by atoms with van der Waals surface area (Å²) >= 11 is 5.61. The summed E-state index contributed by atoms with van der Waals surface area (Å²) in [6.07, 6.45) is 12.0. The van der Waals surface area contributed by atoms with Crippen molar-refractivity contribution in [1.82, 2.24) is 0 Å². The zero-order valence-corrected chi connectivity index (χ0v) is 10.6. The average molecular weight is 233 g/mol. The van der Waals surface area contributed by atoms with Gasteiger partial charge in [0.15, 0.2) is 0 Å². The van der Waals surface area contributed by atoms with Gasteiger partial charge in [-0.3, -0.25) is 0 Å². The number of hydrogen-bond acceptors (Lipinski definition) is 1. The molecule has 1 saturated carbocycles. The van der Waals surface area contributed by atoms with Crippen LogP contribution in [0.1, 0.15) is 57.8 Å². The van der Waals surface area contributed by atoms with E-state index < -0.39 is 0 Å². The lowest BCUT2D eigenvalue weighted by molar-refractivity contribution is 0.0825. The number of hydrogen-bond donors (Lipinski definition) is 0. The minimum absolute atomic E-state index is 0.808. The maximum atomic E-state index is 5.72. The molecular weight excluding hydrogens is 208 g/mol. The maximum Gasteiger partial charge on any atom is 0.0494 e. The highest BCUT2D eigenvalue weighted by molar-refractivity contribution is 6.17. The van der Waals surface area contributed by atoms with Crippen LogP contribution in [0.4, 0.5) is 0 Å². The summed E-state index contributed by atoms with van der Waals surface area (Å²) < 4.78 is 5.72. The Hall–Kier alpha value is 0.250. The Bertz CT molecular complexity index is 132. The normalized spacial score (nSPS) is 18.2. The third-order valence-electron chi connectivity index (χ3n) is 3.25. The van der Waals surface area contributed by atoms with Crippen molar-refractivity contribution < 1.29 is 4.74 Å². The van der Waals surface area contributed by atoms with E-state index in [-0.39, 0.29) is 0 Å². The van der Waals surface area contributed by atoms with Crippen LogP contribution in [0.5, 0.6) is 0 Å². The van der Waals surface area contributed by atoms with Gasteiger partial charge < -0.3 is 4.74 Å². The van der Waals surface area contributed by atoms with Crippen LogP contribution in [0.25, 0.3) is 0 Å². The van der Waals surface area contributed by atoms with Crippen molar-refractivity contribution in [2.75, 3.05) is 19.1 Å². The number of halogens is 1. The van der Waals surface area contributed by atoms with E-state index >= 15 is 0 Å². The molecule has 0 aromatic rings. The standard InChI is InChI=1S/C13H25ClO/c14-10-6-1-2-7-11-15-12-13-8-4-3-5-9-13/h13H,1-12H2. The average Bonchev–Trinajstić information content (AvgIpc) is 2.29. The van der Waals surface area contributed by atoms with Gasteiger partial charge in [-0.25, -0.2) is 0 Å². The van der Waals surface area contributed by atoms with Gasteiger partial charge in [-0.15, -0.1) is 11.6 Å². The minimum Gasteiger partial charge on any atom is -0.381 e. The van der Waals surface area contributed by atoms with Crippen molar-refractivity contribution in [2.24, 2.45) is 5.92 Å². The third kappa shape index (κ3) is 7.19. The van der Waals surface area contributed by atoms with Gasteiger partial charge in [-0.1, -0.05) is 32.1 Å². The first-order valence-corrected chi connectivity index (χ1v) is 7.10. The van der Waals surface area contributed by atoms with Gasteiger partial charge in [-0.2, -0.15) is 0 Å². The number of alkyl halides is 1. The summed E-state index contributed by atoms with van der Waals surface area (Å²) in [5, 5.41) is 0. The second kappa shape index (κ2) is 9.47. The molecule has 90 valence electrons. The smallest absolute Gasteiger partial charge is 0.0494 e. The summed E-state index contributed by atoms with van der Waals surface area (Å²) in [4.78, 5) is 0. The molecule has 1 aliphatic rings. The highest BCUT2D eigenvalue weighted by Crippen LogP contribution is 2.23. The first-order chi connectivity index (χ1) is 7.43. The van der Waals surface area contributed by atoms with Gasteiger partial charge in [-0.05, 0) is 31.6 Å². The van der Waals surface area contributed by atoms with E-state index in [0.717, 1.165) is 31.4 Å². The van der Waals surface area contributed by atoms with Crippen LogP contribution in [-0.4, -0.2) is 19.1 Å².